The van der Waals surface area contributed by atoms with Gasteiger partial charge in [0.05, 0.1) is 17.0 Å². The predicted octanol–water partition coefficient (Wildman–Crippen LogP) is 6.07. The Balaban J connectivity index is 0.000000350. The van der Waals surface area contributed by atoms with Gasteiger partial charge < -0.3 is 10.1 Å². The minimum atomic E-state index is -0.125. The van der Waals surface area contributed by atoms with Crippen LogP contribution in [0.1, 0.15) is 40.3 Å². The molecule has 0 spiro atoms. The second-order valence-electron chi connectivity index (χ2n) is 8.10. The molecular formula is C25H25IrN2O2-. The van der Waals surface area contributed by atoms with Gasteiger partial charge in [0.25, 0.3) is 0 Å². The molecule has 5 heteroatoms. The van der Waals surface area contributed by atoms with E-state index < -0.39 is 0 Å². The van der Waals surface area contributed by atoms with E-state index in [0.717, 1.165) is 27.5 Å². The fraction of sp³-hybridized carbons (Fsp3) is 0.240. The van der Waals surface area contributed by atoms with Gasteiger partial charge in [-0.2, -0.15) is 0 Å². The number of rotatable bonds is 1. The van der Waals surface area contributed by atoms with Crippen LogP contribution in [0.2, 0.25) is 0 Å². The van der Waals surface area contributed by atoms with Gasteiger partial charge >= 0.3 is 0 Å². The molecule has 0 atom stereocenters. The maximum Gasteiger partial charge on any atom is 0.155 e. The van der Waals surface area contributed by atoms with Crippen LogP contribution in [-0.4, -0.2) is 20.9 Å². The summed E-state index contributed by atoms with van der Waals surface area (Å²) in [6.07, 6.45) is 3.07. The van der Waals surface area contributed by atoms with Crippen molar-refractivity contribution < 1.29 is 30.0 Å². The fourth-order valence-corrected chi connectivity index (χ4v) is 3.20. The summed E-state index contributed by atoms with van der Waals surface area (Å²) in [4.78, 5) is 19.7. The number of ketones is 1. The molecule has 4 aromatic rings. The van der Waals surface area contributed by atoms with Gasteiger partial charge in [-0.25, -0.2) is 0 Å². The first-order valence-corrected chi connectivity index (χ1v) is 9.54. The quantitative estimate of drug-likeness (QED) is 0.129. The molecule has 1 aromatic heterocycles. The van der Waals surface area contributed by atoms with Gasteiger partial charge in [0.1, 0.15) is 0 Å². The number of aromatic nitrogens is 2. The zero-order valence-corrected chi connectivity index (χ0v) is 20.2. The zero-order valence-electron chi connectivity index (χ0n) is 17.8. The number of carbonyl (C=O) groups excluding carboxylic acids is 1. The smallest absolute Gasteiger partial charge is 0.155 e. The molecule has 0 fully saturated rings. The van der Waals surface area contributed by atoms with Crippen molar-refractivity contribution in [3.63, 3.8) is 0 Å². The Morgan fingerprint density at radius 1 is 1.00 bits per heavy atom. The summed E-state index contributed by atoms with van der Waals surface area (Å²) in [5, 5.41) is 13.0. The Morgan fingerprint density at radius 3 is 2.20 bits per heavy atom. The monoisotopic (exact) mass is 578 g/mol. The van der Waals surface area contributed by atoms with E-state index >= 15 is 0 Å². The normalized spacial score (nSPS) is 11.7. The Morgan fingerprint density at radius 2 is 1.63 bits per heavy atom. The number of aliphatic hydroxyl groups is 1. The number of allylic oxidation sites excluding steroid dienone is 2. The molecule has 4 nitrogen and oxygen atoms in total. The summed E-state index contributed by atoms with van der Waals surface area (Å²) in [6, 6.07) is 17.9. The summed E-state index contributed by atoms with van der Waals surface area (Å²) in [7, 11) is 0. The van der Waals surface area contributed by atoms with Crippen molar-refractivity contribution >= 4 is 38.4 Å². The average Bonchev–Trinajstić information content (AvgIpc) is 2.66. The van der Waals surface area contributed by atoms with Crippen molar-refractivity contribution in [1.82, 2.24) is 9.97 Å². The van der Waals surface area contributed by atoms with Gasteiger partial charge in [-0.1, -0.05) is 55.8 Å². The molecule has 1 radical (unpaired) electrons. The zero-order chi connectivity index (χ0) is 21.2. The molecule has 1 N–H and O–H groups in total. The number of aliphatic hydroxyl groups excluding tert-OH is 1. The van der Waals surface area contributed by atoms with Crippen molar-refractivity contribution in [2.45, 2.75) is 40.0 Å². The van der Waals surface area contributed by atoms with E-state index in [9.17, 15) is 4.79 Å². The van der Waals surface area contributed by atoms with Gasteiger partial charge in [0, 0.05) is 43.3 Å². The van der Waals surface area contributed by atoms with Crippen LogP contribution in [0.25, 0.3) is 32.6 Å². The van der Waals surface area contributed by atoms with Gasteiger partial charge in [-0.15, -0.1) is 29.7 Å². The Hall–Kier alpha value is -2.62. The third-order valence-electron chi connectivity index (χ3n) is 4.52. The van der Waals surface area contributed by atoms with Gasteiger partial charge in [0.2, 0.25) is 0 Å². The maximum atomic E-state index is 10.0. The van der Waals surface area contributed by atoms with E-state index in [1.165, 1.54) is 30.7 Å². The molecule has 0 aliphatic heterocycles. The molecule has 0 amide bonds. The molecule has 1 heterocycles. The second-order valence-corrected chi connectivity index (χ2v) is 8.10. The van der Waals surface area contributed by atoms with Crippen LogP contribution in [0.4, 0.5) is 0 Å². The number of fused-ring (bicyclic) bond motifs is 6. The first kappa shape index (κ1) is 23.7. The van der Waals surface area contributed by atoms with Gasteiger partial charge in [-0.3, -0.25) is 9.78 Å². The Bertz CT molecular complexity index is 1200. The molecule has 4 rings (SSSR count). The minimum Gasteiger partial charge on any atom is -0.512 e. The molecule has 0 unspecified atom stereocenters. The summed E-state index contributed by atoms with van der Waals surface area (Å²) in [6.45, 7) is 9.34. The predicted molar refractivity (Wildman–Crippen MR) is 119 cm³/mol. The largest absolute Gasteiger partial charge is 0.512 e. The first-order chi connectivity index (χ1) is 13.7. The maximum absolute atomic E-state index is 10.0. The third kappa shape index (κ3) is 5.10. The van der Waals surface area contributed by atoms with E-state index in [4.69, 9.17) is 15.1 Å². The molecule has 0 saturated carbocycles. The molecule has 30 heavy (non-hydrogen) atoms. The molecule has 3 aromatic carbocycles. The number of benzene rings is 3. The Kier molecular flexibility index (Phi) is 7.46. The number of hydrogen-bond acceptors (Lipinski definition) is 4. The summed E-state index contributed by atoms with van der Waals surface area (Å²) < 4.78 is 0. The van der Waals surface area contributed by atoms with Crippen molar-refractivity contribution in [2.24, 2.45) is 0 Å². The van der Waals surface area contributed by atoms with Crippen LogP contribution in [0.3, 0.4) is 0 Å². The second kappa shape index (κ2) is 9.46. The summed E-state index contributed by atoms with van der Waals surface area (Å²) in [5.74, 6) is -0.0625. The number of carbonyl (C=O) groups is 1. The number of nitrogens with zero attached hydrogens (tertiary/aromatic N) is 2. The van der Waals surface area contributed by atoms with Crippen LogP contribution >= 0.6 is 0 Å². The average molecular weight is 578 g/mol. The summed E-state index contributed by atoms with van der Waals surface area (Å²) in [5.41, 5.74) is 2.90. The van der Waals surface area contributed by atoms with E-state index in [1.807, 2.05) is 18.3 Å². The molecule has 0 saturated heterocycles. The molecular weight excluding hydrogens is 553 g/mol. The van der Waals surface area contributed by atoms with E-state index in [1.54, 1.807) is 0 Å². The van der Waals surface area contributed by atoms with Crippen LogP contribution in [0.15, 0.2) is 60.5 Å². The van der Waals surface area contributed by atoms with Crippen molar-refractivity contribution in [1.29, 1.82) is 0 Å². The van der Waals surface area contributed by atoms with E-state index in [2.05, 4.69) is 57.2 Å². The van der Waals surface area contributed by atoms with Crippen LogP contribution in [0, 0.1) is 6.07 Å². The van der Waals surface area contributed by atoms with Crippen LogP contribution < -0.4 is 0 Å². The molecule has 0 aliphatic carbocycles. The first-order valence-electron chi connectivity index (χ1n) is 9.54. The third-order valence-corrected chi connectivity index (χ3v) is 4.52. The molecule has 0 aliphatic rings. The van der Waals surface area contributed by atoms with E-state index in [0.29, 0.717) is 0 Å². The fourth-order valence-electron chi connectivity index (χ4n) is 3.20. The van der Waals surface area contributed by atoms with Crippen LogP contribution in [-0.2, 0) is 30.3 Å². The van der Waals surface area contributed by atoms with Gasteiger partial charge in [-0.05, 0) is 19.2 Å². The van der Waals surface area contributed by atoms with Crippen molar-refractivity contribution in [3.05, 3.63) is 72.3 Å². The summed E-state index contributed by atoms with van der Waals surface area (Å²) >= 11 is 0. The van der Waals surface area contributed by atoms with Crippen molar-refractivity contribution in [2.75, 3.05) is 0 Å². The van der Waals surface area contributed by atoms with Gasteiger partial charge in [0.15, 0.2) is 5.78 Å². The van der Waals surface area contributed by atoms with Crippen LogP contribution in [0.5, 0.6) is 0 Å². The minimum absolute atomic E-state index is 0. The van der Waals surface area contributed by atoms with E-state index in [-0.39, 0.29) is 37.1 Å². The number of hydrogen-bond donors (Lipinski definition) is 1. The standard InChI is InChI=1S/C20H17N2.C5H8O2.Ir/c1-20(2,3)17-12-21-18-15-10-6-4-8-13(15)14-9-5-7-11-16(14)19(18)22-17;1-4(6)3-5(2)7;/h4-9,11-12H,1-3H3;3,6H,1-2H3;/q-1;;. The Labute approximate surface area is 190 Å². The SMILES string of the molecule is CC(=O)C=C(C)O.CC(C)(C)c1cnc2c3[c-]cccc3c3ccccc3c2n1.[Ir]. The molecule has 0 bridgehead atoms. The molecule has 157 valence electrons. The topological polar surface area (TPSA) is 63.1 Å². The van der Waals surface area contributed by atoms with Crippen molar-refractivity contribution in [3.8, 4) is 0 Å².